The highest BCUT2D eigenvalue weighted by Crippen LogP contribution is 2.78. The fourth-order valence-electron chi connectivity index (χ4n) is 16.1. The molecule has 0 aromatic rings. The molecular weight excluding hydrogens is 712 g/mol. The first-order valence-corrected chi connectivity index (χ1v) is 21.5. The van der Waals surface area contributed by atoms with E-state index in [1.165, 1.54) is 7.11 Å². The van der Waals surface area contributed by atoms with Gasteiger partial charge >= 0.3 is 17.9 Å². The molecule has 0 radical (unpaired) electrons. The summed E-state index contributed by atoms with van der Waals surface area (Å²) in [6.07, 6.45) is 18.7. The van der Waals surface area contributed by atoms with Crippen LogP contribution in [0.5, 0.6) is 0 Å². The Balaban J connectivity index is 0.000000139. The van der Waals surface area contributed by atoms with Crippen molar-refractivity contribution < 1.29 is 48.0 Å². The molecule has 10 nitrogen and oxygen atoms in total. The van der Waals surface area contributed by atoms with Gasteiger partial charge in [-0.1, -0.05) is 45.4 Å². The van der Waals surface area contributed by atoms with Crippen LogP contribution in [0.2, 0.25) is 0 Å². The molecule has 0 aromatic heterocycles. The maximum atomic E-state index is 13.0. The fraction of sp³-hybridized carbons (Fsp3) is 0.761. The van der Waals surface area contributed by atoms with Gasteiger partial charge in [0.1, 0.15) is 16.8 Å². The molecule has 0 amide bonds. The second-order valence-electron chi connectivity index (χ2n) is 20.7. The summed E-state index contributed by atoms with van der Waals surface area (Å²) in [6, 6.07) is 0. The van der Waals surface area contributed by atoms with Crippen molar-refractivity contribution in [2.75, 3.05) is 7.11 Å². The van der Waals surface area contributed by atoms with Gasteiger partial charge in [-0.3, -0.25) is 24.0 Å². The maximum absolute atomic E-state index is 13.0. The van der Waals surface area contributed by atoms with Gasteiger partial charge < -0.3 is 24.1 Å². The molecule has 8 fully saturated rings. The lowest BCUT2D eigenvalue weighted by molar-refractivity contribution is -0.177. The van der Waals surface area contributed by atoms with Crippen molar-refractivity contribution in [1.29, 1.82) is 0 Å². The van der Waals surface area contributed by atoms with Gasteiger partial charge in [0.25, 0.3) is 0 Å². The Morgan fingerprint density at radius 3 is 2.04 bits per heavy atom. The summed E-state index contributed by atoms with van der Waals surface area (Å²) in [5.74, 6) is 0.788. The number of fused-ring (bicyclic) bond motifs is 10. The number of carbonyl (C=O) groups is 5. The van der Waals surface area contributed by atoms with E-state index in [0.29, 0.717) is 44.4 Å². The minimum absolute atomic E-state index is 0.0303. The van der Waals surface area contributed by atoms with E-state index in [4.69, 9.17) is 18.9 Å². The summed E-state index contributed by atoms with van der Waals surface area (Å²) in [7, 11) is 1.45. The molecule has 3 aliphatic heterocycles. The lowest BCUT2D eigenvalue weighted by Crippen LogP contribution is -2.63. The first-order chi connectivity index (χ1) is 26.5. The van der Waals surface area contributed by atoms with Crippen LogP contribution in [0.15, 0.2) is 35.5 Å². The minimum Gasteiger partial charge on any atom is -0.469 e. The molecule has 3 spiro atoms. The van der Waals surface area contributed by atoms with Crippen LogP contribution in [-0.4, -0.2) is 70.7 Å². The zero-order chi connectivity index (χ0) is 39.4. The first-order valence-electron chi connectivity index (χ1n) is 21.5. The molecule has 56 heavy (non-hydrogen) atoms. The number of hydrogen-bond acceptors (Lipinski definition) is 10. The molecule has 0 aromatic carbocycles. The van der Waals surface area contributed by atoms with E-state index < -0.39 is 17.3 Å². The fourth-order valence-corrected chi connectivity index (χ4v) is 16.1. The Labute approximate surface area is 329 Å². The molecule has 0 bridgehead atoms. The van der Waals surface area contributed by atoms with Gasteiger partial charge in [0, 0.05) is 53.8 Å². The van der Waals surface area contributed by atoms with E-state index in [-0.39, 0.29) is 92.4 Å². The Bertz CT molecular complexity index is 1930. The van der Waals surface area contributed by atoms with E-state index in [2.05, 4.69) is 39.8 Å². The van der Waals surface area contributed by atoms with Crippen LogP contribution in [0, 0.1) is 57.2 Å². The van der Waals surface area contributed by atoms with Crippen molar-refractivity contribution in [3.05, 3.63) is 35.5 Å². The topological polar surface area (TPSA) is 146 Å². The first kappa shape index (κ1) is 37.2. The number of methoxy groups -OCH3 is 1. The minimum atomic E-state index is -0.429. The SMILES string of the molecule is CC12CCC(=O)C=C1C=CC1C2[C@H](O)CC2(C)C1CC[C@@]21CCC(=O)O1.COC(=O)[C@@H]1CC2=CC(=O)CCC2(C)[C@@]23OC2CC2(C)C(CC[C@@]24CCC(=O)O4)C13. The number of hydrogen-bond donors (Lipinski definition) is 1. The molecule has 3 heterocycles. The standard InChI is InChI=1S/C24H30O6.C22H28O4/c1-21-7-4-14(25)10-13(21)11-15(20(27)28-3)19-16-5-8-23(9-6-18(26)30-23)22(16,2)12-17-24(19,21)29-17;1-20-8-5-14(23)11-13(20)3-4-15-16-6-9-22(10-7-18(25)26-22)21(16,2)12-17(24)19(15)20/h10,15-17,19H,4-9,11-12H2,1-3H3;3-4,11,15-17,19,24H,5-10,12H2,1-2H3/t15-,16?,17?,19?,21?,22?,23-,24-;15?,16?,17-,19?,20?,21?,22-/m11/s1. The third kappa shape index (κ3) is 4.49. The average molecular weight is 771 g/mol. The van der Waals surface area contributed by atoms with Gasteiger partial charge in [0.2, 0.25) is 0 Å². The molecule has 10 unspecified atom stereocenters. The largest absolute Gasteiger partial charge is 0.469 e. The van der Waals surface area contributed by atoms with Crippen LogP contribution in [0.4, 0.5) is 0 Å². The van der Waals surface area contributed by atoms with Crippen molar-refractivity contribution >= 4 is 29.5 Å². The van der Waals surface area contributed by atoms with E-state index in [1.807, 2.05) is 0 Å². The van der Waals surface area contributed by atoms with Gasteiger partial charge in [-0.15, -0.1) is 0 Å². The molecule has 8 aliphatic carbocycles. The predicted molar refractivity (Wildman–Crippen MR) is 201 cm³/mol. The number of ether oxygens (including phenoxy) is 4. The van der Waals surface area contributed by atoms with Gasteiger partial charge in [0.05, 0.1) is 25.2 Å². The van der Waals surface area contributed by atoms with Crippen molar-refractivity contribution in [1.82, 2.24) is 0 Å². The second kappa shape index (κ2) is 11.8. The highest BCUT2D eigenvalue weighted by atomic mass is 16.6. The second-order valence-corrected chi connectivity index (χ2v) is 20.7. The number of aliphatic hydroxyl groups excluding tert-OH is 1. The lowest BCUT2D eigenvalue weighted by Gasteiger charge is -2.58. The molecule has 5 saturated carbocycles. The summed E-state index contributed by atoms with van der Waals surface area (Å²) < 4.78 is 23.9. The predicted octanol–water partition coefficient (Wildman–Crippen LogP) is 6.47. The normalized spacial score (nSPS) is 52.8. The summed E-state index contributed by atoms with van der Waals surface area (Å²) in [6.45, 7) is 8.99. The monoisotopic (exact) mass is 770 g/mol. The van der Waals surface area contributed by atoms with E-state index in [9.17, 15) is 29.1 Å². The number of aliphatic hydroxyl groups is 1. The number of epoxide rings is 1. The molecule has 11 aliphatic rings. The summed E-state index contributed by atoms with van der Waals surface area (Å²) in [4.78, 5) is 61.2. The Hall–Kier alpha value is -3.11. The third-order valence-corrected chi connectivity index (χ3v) is 19.0. The molecule has 3 saturated heterocycles. The average Bonchev–Trinajstić information content (AvgIpc) is 3.36. The van der Waals surface area contributed by atoms with Crippen LogP contribution in [0.3, 0.4) is 0 Å². The van der Waals surface area contributed by atoms with Crippen molar-refractivity contribution in [2.45, 2.75) is 153 Å². The molecule has 302 valence electrons. The van der Waals surface area contributed by atoms with Gasteiger partial charge in [-0.25, -0.2) is 0 Å². The lowest BCUT2D eigenvalue weighted by atomic mass is 9.43. The summed E-state index contributed by atoms with van der Waals surface area (Å²) in [5, 5.41) is 11.3. The number of ketones is 2. The van der Waals surface area contributed by atoms with Gasteiger partial charge in [0.15, 0.2) is 11.6 Å². The summed E-state index contributed by atoms with van der Waals surface area (Å²) >= 11 is 0. The van der Waals surface area contributed by atoms with Crippen LogP contribution in [0.1, 0.15) is 124 Å². The van der Waals surface area contributed by atoms with Crippen LogP contribution < -0.4 is 0 Å². The Morgan fingerprint density at radius 2 is 1.39 bits per heavy atom. The molecule has 1 N–H and O–H groups in total. The van der Waals surface area contributed by atoms with E-state index in [0.717, 1.165) is 68.9 Å². The van der Waals surface area contributed by atoms with Crippen LogP contribution >= 0.6 is 0 Å². The van der Waals surface area contributed by atoms with Crippen molar-refractivity contribution in [2.24, 2.45) is 57.2 Å². The molecule has 11 rings (SSSR count). The van der Waals surface area contributed by atoms with Crippen molar-refractivity contribution in [3.8, 4) is 0 Å². The van der Waals surface area contributed by atoms with Crippen LogP contribution in [-0.2, 0) is 42.9 Å². The van der Waals surface area contributed by atoms with E-state index >= 15 is 0 Å². The number of esters is 3. The van der Waals surface area contributed by atoms with Crippen molar-refractivity contribution in [3.63, 3.8) is 0 Å². The van der Waals surface area contributed by atoms with Gasteiger partial charge in [-0.05, 0) is 112 Å². The molecule has 15 atom stereocenters. The Kier molecular flexibility index (Phi) is 7.81. The highest BCUT2D eigenvalue weighted by Gasteiger charge is 2.83. The summed E-state index contributed by atoms with van der Waals surface area (Å²) in [5.41, 5.74) is 0.250. The third-order valence-electron chi connectivity index (χ3n) is 19.0. The molecule has 10 heteroatoms. The Morgan fingerprint density at radius 1 is 0.768 bits per heavy atom. The number of rotatable bonds is 1. The highest BCUT2D eigenvalue weighted by molar-refractivity contribution is 5.93. The van der Waals surface area contributed by atoms with Crippen LogP contribution in [0.25, 0.3) is 0 Å². The zero-order valence-electron chi connectivity index (χ0n) is 33.7. The smallest absolute Gasteiger partial charge is 0.309 e. The number of allylic oxidation sites excluding steroid dienone is 4. The molecular formula is C46H58O10. The zero-order valence-corrected chi connectivity index (χ0v) is 33.7. The number of carbonyl (C=O) groups excluding carboxylic acids is 5. The quantitative estimate of drug-likeness (QED) is 0.179. The maximum Gasteiger partial charge on any atom is 0.309 e. The van der Waals surface area contributed by atoms with E-state index in [1.54, 1.807) is 12.2 Å². The van der Waals surface area contributed by atoms with Gasteiger partial charge in [-0.2, -0.15) is 0 Å².